The molecule has 1 aliphatic rings. The number of amides is 1. The molecule has 0 aliphatic carbocycles. The Hall–Kier alpha value is -2.77. The zero-order valence-corrected chi connectivity index (χ0v) is 14.2. The Morgan fingerprint density at radius 3 is 2.73 bits per heavy atom. The van der Waals surface area contributed by atoms with E-state index in [0.717, 1.165) is 12.1 Å². The van der Waals surface area contributed by atoms with Gasteiger partial charge in [0.1, 0.15) is 12.4 Å². The standard InChI is InChI=1S/C18H17F3N2O3/c1-10-9-26-18(24)23(10)8-13-5-12(7-22-17(13)25-2)11-3-4-15(19)14(6-11)16(20)21/h3-7,10,16H,8-9H2,1-2H3/t10-/m1/s1. The van der Waals surface area contributed by atoms with E-state index in [9.17, 15) is 18.0 Å². The summed E-state index contributed by atoms with van der Waals surface area (Å²) in [6.07, 6.45) is -1.90. The van der Waals surface area contributed by atoms with Crippen LogP contribution in [0.4, 0.5) is 18.0 Å². The maximum Gasteiger partial charge on any atom is 0.410 e. The van der Waals surface area contributed by atoms with Gasteiger partial charge in [-0.1, -0.05) is 6.07 Å². The molecule has 2 aromatic rings. The average Bonchev–Trinajstić information content (AvgIpc) is 2.94. The molecule has 1 amide bonds. The highest BCUT2D eigenvalue weighted by molar-refractivity contribution is 5.70. The van der Waals surface area contributed by atoms with Gasteiger partial charge in [0.15, 0.2) is 0 Å². The molecule has 1 atom stereocenters. The number of carbonyl (C=O) groups excluding carboxylic acids is 1. The van der Waals surface area contributed by atoms with Gasteiger partial charge in [0, 0.05) is 17.3 Å². The smallest absolute Gasteiger partial charge is 0.410 e. The van der Waals surface area contributed by atoms with Crippen molar-refractivity contribution in [2.24, 2.45) is 0 Å². The first kappa shape index (κ1) is 18.0. The van der Waals surface area contributed by atoms with Gasteiger partial charge >= 0.3 is 6.09 Å². The average molecular weight is 366 g/mol. The SMILES string of the molecule is COc1ncc(-c2ccc(F)c(C(F)F)c2)cc1CN1C(=O)OC[C@H]1C. The van der Waals surface area contributed by atoms with Crippen LogP contribution in [-0.4, -0.2) is 35.7 Å². The third-order valence-corrected chi connectivity index (χ3v) is 4.24. The molecule has 0 radical (unpaired) electrons. The van der Waals surface area contributed by atoms with Gasteiger partial charge in [-0.3, -0.25) is 4.90 Å². The predicted molar refractivity (Wildman–Crippen MR) is 87.5 cm³/mol. The van der Waals surface area contributed by atoms with Gasteiger partial charge in [-0.05, 0) is 30.7 Å². The van der Waals surface area contributed by atoms with E-state index in [1.165, 1.54) is 24.3 Å². The Bertz CT molecular complexity index is 829. The van der Waals surface area contributed by atoms with Crippen molar-refractivity contribution in [3.8, 4) is 17.0 Å². The summed E-state index contributed by atoms with van der Waals surface area (Å²) in [6, 6.07) is 5.08. The third-order valence-electron chi connectivity index (χ3n) is 4.24. The largest absolute Gasteiger partial charge is 0.481 e. The molecule has 2 heterocycles. The van der Waals surface area contributed by atoms with Crippen molar-refractivity contribution in [2.45, 2.75) is 25.9 Å². The molecular weight excluding hydrogens is 349 g/mol. The van der Waals surface area contributed by atoms with Crippen LogP contribution in [0, 0.1) is 5.82 Å². The van der Waals surface area contributed by atoms with Gasteiger partial charge in [-0.15, -0.1) is 0 Å². The lowest BCUT2D eigenvalue weighted by Gasteiger charge is -2.19. The zero-order valence-electron chi connectivity index (χ0n) is 14.2. The Morgan fingerprint density at radius 1 is 1.35 bits per heavy atom. The number of alkyl halides is 2. The molecule has 1 aromatic carbocycles. The number of hydrogen-bond acceptors (Lipinski definition) is 4. The van der Waals surface area contributed by atoms with Crippen molar-refractivity contribution in [1.29, 1.82) is 0 Å². The highest BCUT2D eigenvalue weighted by Gasteiger charge is 2.30. The number of cyclic esters (lactones) is 1. The maximum atomic E-state index is 13.5. The van der Waals surface area contributed by atoms with E-state index in [0.29, 0.717) is 29.2 Å². The van der Waals surface area contributed by atoms with Crippen LogP contribution >= 0.6 is 0 Å². The first-order valence-electron chi connectivity index (χ1n) is 7.95. The first-order chi connectivity index (χ1) is 12.4. The Balaban J connectivity index is 1.97. The molecule has 1 fully saturated rings. The van der Waals surface area contributed by atoms with E-state index in [4.69, 9.17) is 9.47 Å². The summed E-state index contributed by atoms with van der Waals surface area (Å²) < 4.78 is 49.6. The second kappa shape index (κ2) is 7.23. The quantitative estimate of drug-likeness (QED) is 0.797. The molecule has 3 rings (SSSR count). The normalized spacial score (nSPS) is 16.9. The van der Waals surface area contributed by atoms with E-state index in [2.05, 4.69) is 4.98 Å². The lowest BCUT2D eigenvalue weighted by Crippen LogP contribution is -2.30. The molecular formula is C18H17F3N2O3. The summed E-state index contributed by atoms with van der Waals surface area (Å²) >= 11 is 0. The molecule has 138 valence electrons. The molecule has 0 N–H and O–H groups in total. The van der Waals surface area contributed by atoms with Gasteiger partial charge in [0.25, 0.3) is 6.43 Å². The van der Waals surface area contributed by atoms with Crippen molar-refractivity contribution in [1.82, 2.24) is 9.88 Å². The fourth-order valence-electron chi connectivity index (χ4n) is 2.79. The lowest BCUT2D eigenvalue weighted by molar-refractivity contribution is 0.146. The van der Waals surface area contributed by atoms with Gasteiger partial charge in [-0.25, -0.2) is 22.9 Å². The van der Waals surface area contributed by atoms with Crippen LogP contribution in [0.25, 0.3) is 11.1 Å². The molecule has 1 aliphatic heterocycles. The summed E-state index contributed by atoms with van der Waals surface area (Å²) in [5.41, 5.74) is 0.841. The van der Waals surface area contributed by atoms with E-state index in [1.807, 2.05) is 6.92 Å². The number of methoxy groups -OCH3 is 1. The third kappa shape index (κ3) is 3.44. The van der Waals surface area contributed by atoms with E-state index < -0.39 is 23.9 Å². The monoisotopic (exact) mass is 366 g/mol. The van der Waals surface area contributed by atoms with Crippen LogP contribution < -0.4 is 4.74 Å². The number of carbonyl (C=O) groups is 1. The number of ether oxygens (including phenoxy) is 2. The molecule has 1 saturated heterocycles. The number of halogens is 3. The molecule has 26 heavy (non-hydrogen) atoms. The minimum atomic E-state index is -2.92. The summed E-state index contributed by atoms with van der Waals surface area (Å²) in [4.78, 5) is 17.5. The summed E-state index contributed by atoms with van der Waals surface area (Å²) in [7, 11) is 1.45. The van der Waals surface area contributed by atoms with Gasteiger partial charge < -0.3 is 9.47 Å². The fraction of sp³-hybridized carbons (Fsp3) is 0.333. The van der Waals surface area contributed by atoms with Crippen molar-refractivity contribution >= 4 is 6.09 Å². The van der Waals surface area contributed by atoms with Crippen LogP contribution in [0.15, 0.2) is 30.5 Å². The van der Waals surface area contributed by atoms with Crippen LogP contribution in [0.2, 0.25) is 0 Å². The Morgan fingerprint density at radius 2 is 2.12 bits per heavy atom. The number of pyridine rings is 1. The summed E-state index contributed by atoms with van der Waals surface area (Å²) in [5, 5.41) is 0. The predicted octanol–water partition coefficient (Wildman–Crippen LogP) is 4.17. The van der Waals surface area contributed by atoms with E-state index in [1.54, 1.807) is 6.07 Å². The van der Waals surface area contributed by atoms with Crippen molar-refractivity contribution < 1.29 is 27.4 Å². The Labute approximate surface area is 148 Å². The van der Waals surface area contributed by atoms with Crippen LogP contribution in [0.1, 0.15) is 24.5 Å². The van der Waals surface area contributed by atoms with Crippen molar-refractivity contribution in [3.63, 3.8) is 0 Å². The molecule has 1 aromatic heterocycles. The van der Waals surface area contributed by atoms with Crippen LogP contribution in [0.5, 0.6) is 5.88 Å². The van der Waals surface area contributed by atoms with E-state index in [-0.39, 0.29) is 12.6 Å². The second-order valence-electron chi connectivity index (χ2n) is 5.98. The highest BCUT2D eigenvalue weighted by atomic mass is 19.3. The van der Waals surface area contributed by atoms with Gasteiger partial charge in [-0.2, -0.15) is 0 Å². The topological polar surface area (TPSA) is 51.7 Å². The molecule has 0 saturated carbocycles. The first-order valence-corrected chi connectivity index (χ1v) is 7.95. The van der Waals surface area contributed by atoms with Crippen molar-refractivity contribution in [2.75, 3.05) is 13.7 Å². The fourth-order valence-corrected chi connectivity index (χ4v) is 2.79. The number of hydrogen-bond donors (Lipinski definition) is 0. The minimum absolute atomic E-state index is 0.105. The van der Waals surface area contributed by atoms with Crippen LogP contribution in [-0.2, 0) is 11.3 Å². The number of nitrogens with zero attached hydrogens (tertiary/aromatic N) is 2. The van der Waals surface area contributed by atoms with Gasteiger partial charge in [0.2, 0.25) is 5.88 Å². The number of aromatic nitrogens is 1. The van der Waals surface area contributed by atoms with Crippen molar-refractivity contribution in [3.05, 3.63) is 47.4 Å². The summed E-state index contributed by atoms with van der Waals surface area (Å²) in [6.45, 7) is 2.35. The lowest BCUT2D eigenvalue weighted by atomic mass is 10.0. The van der Waals surface area contributed by atoms with Gasteiger partial charge in [0.05, 0.1) is 25.3 Å². The molecule has 8 heteroatoms. The molecule has 0 unspecified atom stereocenters. The zero-order chi connectivity index (χ0) is 18.8. The summed E-state index contributed by atoms with van der Waals surface area (Å²) in [5.74, 6) is -0.643. The molecule has 5 nitrogen and oxygen atoms in total. The highest BCUT2D eigenvalue weighted by Crippen LogP contribution is 2.31. The molecule has 0 bridgehead atoms. The van der Waals surface area contributed by atoms with E-state index >= 15 is 0 Å². The van der Waals surface area contributed by atoms with Crippen LogP contribution in [0.3, 0.4) is 0 Å². The molecule has 0 spiro atoms. The second-order valence-corrected chi connectivity index (χ2v) is 5.98. The maximum absolute atomic E-state index is 13.5. The number of benzene rings is 1. The number of rotatable bonds is 5. The Kier molecular flexibility index (Phi) is 5.01. The minimum Gasteiger partial charge on any atom is -0.481 e.